The van der Waals surface area contributed by atoms with E-state index in [1.807, 2.05) is 0 Å². The van der Waals surface area contributed by atoms with Crippen LogP contribution in [0.4, 0.5) is 8.78 Å². The lowest BCUT2D eigenvalue weighted by atomic mass is 10.1. The monoisotopic (exact) mass is 228 g/mol. The summed E-state index contributed by atoms with van der Waals surface area (Å²) in [5.41, 5.74) is 5.40. The molecule has 0 aliphatic heterocycles. The van der Waals surface area contributed by atoms with E-state index in [9.17, 15) is 8.78 Å². The van der Waals surface area contributed by atoms with Crippen molar-refractivity contribution in [3.63, 3.8) is 0 Å². The second-order valence-electron chi connectivity index (χ2n) is 2.26. The van der Waals surface area contributed by atoms with Crippen LogP contribution in [0.5, 0.6) is 0 Å². The lowest BCUT2D eigenvalue weighted by molar-refractivity contribution is 0.116. The van der Waals surface area contributed by atoms with Crippen LogP contribution in [0.15, 0.2) is 18.5 Å². The topological polar surface area (TPSA) is 38.9 Å². The molecule has 1 rings (SSSR count). The van der Waals surface area contributed by atoms with Crippen LogP contribution in [-0.4, -0.2) is 11.4 Å². The highest BCUT2D eigenvalue weighted by Crippen LogP contribution is 2.23. The summed E-state index contributed by atoms with van der Waals surface area (Å²) >= 11 is 5.59. The number of nitrogens with zero attached hydrogens (tertiary/aromatic N) is 1. The molecule has 0 bridgehead atoms. The summed E-state index contributed by atoms with van der Waals surface area (Å²) in [5.74, 6) is 0. The standard InChI is InChI=1S/C7H7ClF2N2.ClH/c8-5-3-12-2-1-4(5)6(11)7(9)10;/h1-3,6-7H,11H2;1H/t6-;/m1./s1. The molecule has 2 N–H and O–H groups in total. The van der Waals surface area contributed by atoms with Crippen LogP contribution in [0.3, 0.4) is 0 Å². The molecule has 1 aromatic heterocycles. The average molecular weight is 229 g/mol. The molecule has 0 spiro atoms. The van der Waals surface area contributed by atoms with Crippen molar-refractivity contribution in [2.75, 3.05) is 0 Å². The quantitative estimate of drug-likeness (QED) is 0.845. The molecule has 0 radical (unpaired) electrons. The van der Waals surface area contributed by atoms with Gasteiger partial charge in [0.2, 0.25) is 0 Å². The average Bonchev–Trinajstić information content (AvgIpc) is 2.04. The molecular formula is C7H8Cl2F2N2. The van der Waals surface area contributed by atoms with Gasteiger partial charge in [0.1, 0.15) is 0 Å². The van der Waals surface area contributed by atoms with E-state index >= 15 is 0 Å². The number of hydrogen-bond donors (Lipinski definition) is 1. The predicted octanol–water partition coefficient (Wildman–Crippen LogP) is 2.42. The number of halogens is 4. The lowest BCUT2D eigenvalue weighted by Crippen LogP contribution is -2.19. The Bertz CT molecular complexity index is 270. The first-order chi connectivity index (χ1) is 5.63. The van der Waals surface area contributed by atoms with Gasteiger partial charge >= 0.3 is 0 Å². The van der Waals surface area contributed by atoms with Crippen LogP contribution in [-0.2, 0) is 0 Å². The zero-order valence-electron chi connectivity index (χ0n) is 6.45. The molecule has 6 heteroatoms. The summed E-state index contributed by atoms with van der Waals surface area (Å²) < 4.78 is 24.2. The highest BCUT2D eigenvalue weighted by molar-refractivity contribution is 6.31. The molecule has 0 aliphatic carbocycles. The van der Waals surface area contributed by atoms with Gasteiger partial charge in [-0.1, -0.05) is 11.6 Å². The van der Waals surface area contributed by atoms with E-state index < -0.39 is 12.5 Å². The van der Waals surface area contributed by atoms with Crippen LogP contribution in [0, 0.1) is 0 Å². The Morgan fingerprint density at radius 2 is 2.08 bits per heavy atom. The van der Waals surface area contributed by atoms with Crippen LogP contribution >= 0.6 is 24.0 Å². The van der Waals surface area contributed by atoms with E-state index in [1.54, 1.807) is 0 Å². The van der Waals surface area contributed by atoms with Crippen molar-refractivity contribution in [1.29, 1.82) is 0 Å². The summed E-state index contributed by atoms with van der Waals surface area (Å²) in [6.45, 7) is 0. The largest absolute Gasteiger partial charge is 0.319 e. The molecule has 0 amide bonds. The van der Waals surface area contributed by atoms with Crippen LogP contribution in [0.25, 0.3) is 0 Å². The van der Waals surface area contributed by atoms with Gasteiger partial charge in [0.15, 0.2) is 0 Å². The molecule has 0 aromatic carbocycles. The molecule has 0 aliphatic rings. The molecule has 0 saturated carbocycles. The summed E-state index contributed by atoms with van der Waals surface area (Å²) in [7, 11) is 0. The summed E-state index contributed by atoms with van der Waals surface area (Å²) in [5, 5.41) is 0.172. The van der Waals surface area contributed by atoms with Gasteiger partial charge in [-0.3, -0.25) is 4.98 Å². The number of alkyl halides is 2. The zero-order chi connectivity index (χ0) is 9.14. The van der Waals surface area contributed by atoms with Crippen molar-refractivity contribution >= 4 is 24.0 Å². The highest BCUT2D eigenvalue weighted by atomic mass is 35.5. The van der Waals surface area contributed by atoms with Gasteiger partial charge in [0.25, 0.3) is 6.43 Å². The van der Waals surface area contributed by atoms with Gasteiger partial charge in [0, 0.05) is 12.4 Å². The van der Waals surface area contributed by atoms with Gasteiger partial charge in [-0.05, 0) is 11.6 Å². The van der Waals surface area contributed by atoms with Gasteiger partial charge < -0.3 is 5.73 Å². The Kier molecular flexibility index (Phi) is 5.13. The normalized spacial score (nSPS) is 12.4. The van der Waals surface area contributed by atoms with E-state index in [0.717, 1.165) is 0 Å². The Labute approximate surface area is 85.5 Å². The molecule has 0 fully saturated rings. The van der Waals surface area contributed by atoms with Crippen molar-refractivity contribution in [1.82, 2.24) is 4.98 Å². The molecule has 1 atom stereocenters. The first-order valence-corrected chi connectivity index (χ1v) is 3.64. The fourth-order valence-electron chi connectivity index (χ4n) is 0.792. The van der Waals surface area contributed by atoms with Crippen molar-refractivity contribution in [3.05, 3.63) is 29.0 Å². The summed E-state index contributed by atoms with van der Waals surface area (Å²) in [4.78, 5) is 3.65. The van der Waals surface area contributed by atoms with Gasteiger partial charge in [-0.25, -0.2) is 8.78 Å². The fraction of sp³-hybridized carbons (Fsp3) is 0.286. The molecule has 13 heavy (non-hydrogen) atoms. The van der Waals surface area contributed by atoms with Crippen molar-refractivity contribution in [3.8, 4) is 0 Å². The lowest BCUT2D eigenvalue weighted by Gasteiger charge is -2.11. The maximum atomic E-state index is 12.1. The van der Waals surface area contributed by atoms with E-state index in [4.69, 9.17) is 17.3 Å². The van der Waals surface area contributed by atoms with Gasteiger partial charge in [-0.2, -0.15) is 0 Å². The molecule has 2 nitrogen and oxygen atoms in total. The highest BCUT2D eigenvalue weighted by Gasteiger charge is 2.19. The minimum Gasteiger partial charge on any atom is -0.319 e. The first-order valence-electron chi connectivity index (χ1n) is 3.26. The Morgan fingerprint density at radius 3 is 2.54 bits per heavy atom. The predicted molar refractivity (Wildman–Crippen MR) is 49.4 cm³/mol. The van der Waals surface area contributed by atoms with Crippen LogP contribution in [0.1, 0.15) is 11.6 Å². The number of rotatable bonds is 2. The number of pyridine rings is 1. The first kappa shape index (κ1) is 12.6. The minimum absolute atomic E-state index is 0. The van der Waals surface area contributed by atoms with Crippen molar-refractivity contribution < 1.29 is 8.78 Å². The van der Waals surface area contributed by atoms with Gasteiger partial charge in [0.05, 0.1) is 11.1 Å². The van der Waals surface area contributed by atoms with E-state index in [2.05, 4.69) is 4.98 Å². The molecule has 1 heterocycles. The Balaban J connectivity index is 0.00000144. The summed E-state index contributed by atoms with van der Waals surface area (Å²) in [6, 6.07) is 0.0552. The van der Waals surface area contributed by atoms with E-state index in [0.29, 0.717) is 0 Å². The zero-order valence-corrected chi connectivity index (χ0v) is 8.03. The second-order valence-corrected chi connectivity index (χ2v) is 2.66. The fourth-order valence-corrected chi connectivity index (χ4v) is 1.04. The third kappa shape index (κ3) is 3.06. The van der Waals surface area contributed by atoms with Crippen LogP contribution < -0.4 is 5.73 Å². The van der Waals surface area contributed by atoms with Crippen molar-refractivity contribution in [2.45, 2.75) is 12.5 Å². The Hall–Kier alpha value is -0.450. The molecular weight excluding hydrogens is 221 g/mol. The maximum absolute atomic E-state index is 12.1. The maximum Gasteiger partial charge on any atom is 0.257 e. The molecule has 74 valence electrons. The van der Waals surface area contributed by atoms with E-state index in [1.165, 1.54) is 18.5 Å². The third-order valence-electron chi connectivity index (χ3n) is 1.43. The Morgan fingerprint density at radius 1 is 1.46 bits per heavy atom. The van der Waals surface area contributed by atoms with Crippen molar-refractivity contribution in [2.24, 2.45) is 5.73 Å². The molecule has 0 saturated heterocycles. The number of hydrogen-bond acceptors (Lipinski definition) is 2. The van der Waals surface area contributed by atoms with Gasteiger partial charge in [-0.15, -0.1) is 12.4 Å². The molecule has 0 unspecified atom stereocenters. The third-order valence-corrected chi connectivity index (χ3v) is 1.75. The van der Waals surface area contributed by atoms with E-state index in [-0.39, 0.29) is 23.0 Å². The van der Waals surface area contributed by atoms with Crippen LogP contribution in [0.2, 0.25) is 5.02 Å². The SMILES string of the molecule is Cl.N[C@H](c1ccncc1Cl)C(F)F. The number of nitrogens with two attached hydrogens (primary N) is 1. The minimum atomic E-state index is -2.61. The second kappa shape index (κ2) is 5.32. The smallest absolute Gasteiger partial charge is 0.257 e. The number of aromatic nitrogens is 1. The molecule has 1 aromatic rings. The summed E-state index contributed by atoms with van der Waals surface area (Å²) in [6.07, 6.45) is 0.0627.